The van der Waals surface area contributed by atoms with Gasteiger partial charge in [-0.15, -0.1) is 0 Å². The van der Waals surface area contributed by atoms with Gasteiger partial charge in [-0.1, -0.05) is 23.8 Å². The van der Waals surface area contributed by atoms with Gasteiger partial charge in [0, 0.05) is 30.1 Å². The molecule has 3 aromatic carbocycles. The van der Waals surface area contributed by atoms with Gasteiger partial charge in [0.05, 0.1) is 11.3 Å². The first kappa shape index (κ1) is 21.0. The Hall–Kier alpha value is -4.26. The fourth-order valence-corrected chi connectivity index (χ4v) is 3.31. The van der Waals surface area contributed by atoms with Gasteiger partial charge < -0.3 is 10.6 Å². The summed E-state index contributed by atoms with van der Waals surface area (Å²) in [6.07, 6.45) is 1.63. The summed E-state index contributed by atoms with van der Waals surface area (Å²) in [6.45, 7) is 3.40. The molecule has 2 amide bonds. The number of anilines is 2. The molecule has 0 fully saturated rings. The summed E-state index contributed by atoms with van der Waals surface area (Å²) < 4.78 is 14.9. The molecule has 0 radical (unpaired) electrons. The summed E-state index contributed by atoms with van der Waals surface area (Å²) in [5.41, 5.74) is 4.60. The van der Waals surface area contributed by atoms with E-state index in [1.165, 1.54) is 19.1 Å². The second-order valence-electron chi connectivity index (χ2n) is 7.39. The lowest BCUT2D eigenvalue weighted by Gasteiger charge is -2.07. The Morgan fingerprint density at radius 3 is 2.19 bits per heavy atom. The normalized spacial score (nSPS) is 10.6. The zero-order chi connectivity index (χ0) is 22.7. The quantitative estimate of drug-likeness (QED) is 0.459. The third-order valence-corrected chi connectivity index (χ3v) is 4.80. The lowest BCUT2D eigenvalue weighted by atomic mass is 10.1. The van der Waals surface area contributed by atoms with Gasteiger partial charge in [0.25, 0.3) is 5.91 Å². The summed E-state index contributed by atoms with van der Waals surface area (Å²) in [5, 5.41) is 10.2. The van der Waals surface area contributed by atoms with Gasteiger partial charge in [-0.3, -0.25) is 9.59 Å². The van der Waals surface area contributed by atoms with E-state index in [9.17, 15) is 14.0 Å². The highest BCUT2D eigenvalue weighted by molar-refractivity contribution is 6.08. The van der Waals surface area contributed by atoms with Crippen LogP contribution in [0.1, 0.15) is 22.8 Å². The molecule has 4 rings (SSSR count). The van der Waals surface area contributed by atoms with Crippen molar-refractivity contribution >= 4 is 23.2 Å². The van der Waals surface area contributed by atoms with Gasteiger partial charge in [0.1, 0.15) is 11.5 Å². The molecule has 160 valence electrons. The van der Waals surface area contributed by atoms with E-state index in [2.05, 4.69) is 15.7 Å². The zero-order valence-electron chi connectivity index (χ0n) is 17.6. The Bertz CT molecular complexity index is 1280. The first-order chi connectivity index (χ1) is 15.4. The monoisotopic (exact) mass is 428 g/mol. The van der Waals surface area contributed by atoms with Crippen LogP contribution in [0.25, 0.3) is 16.9 Å². The minimum Gasteiger partial charge on any atom is -0.326 e. The van der Waals surface area contributed by atoms with Crippen molar-refractivity contribution in [3.05, 3.63) is 95.9 Å². The van der Waals surface area contributed by atoms with Crippen LogP contribution >= 0.6 is 0 Å². The van der Waals surface area contributed by atoms with Gasteiger partial charge in [-0.05, 0) is 61.5 Å². The van der Waals surface area contributed by atoms with E-state index in [1.807, 2.05) is 31.2 Å². The molecule has 7 heteroatoms. The molecule has 0 spiro atoms. The van der Waals surface area contributed by atoms with Gasteiger partial charge in [-0.2, -0.15) is 5.10 Å². The minimum absolute atomic E-state index is 0.169. The number of halogens is 1. The highest BCUT2D eigenvalue weighted by Crippen LogP contribution is 2.26. The van der Waals surface area contributed by atoms with Crippen LogP contribution in [0.15, 0.2) is 79.0 Å². The van der Waals surface area contributed by atoms with Crippen LogP contribution in [-0.2, 0) is 4.79 Å². The number of aryl methyl sites for hydroxylation is 1. The van der Waals surface area contributed by atoms with Gasteiger partial charge in [0.2, 0.25) is 5.91 Å². The predicted molar refractivity (Wildman–Crippen MR) is 122 cm³/mol. The van der Waals surface area contributed by atoms with E-state index in [0.29, 0.717) is 28.3 Å². The van der Waals surface area contributed by atoms with Crippen molar-refractivity contribution in [3.8, 4) is 16.9 Å². The van der Waals surface area contributed by atoms with Crippen LogP contribution in [-0.4, -0.2) is 21.6 Å². The fourth-order valence-electron chi connectivity index (χ4n) is 3.31. The number of hydrogen-bond acceptors (Lipinski definition) is 3. The Kier molecular flexibility index (Phi) is 5.81. The number of carbonyl (C=O) groups excluding carboxylic acids is 2. The molecule has 4 aromatic rings. The standard InChI is InChI=1S/C25H21FN4O2/c1-16-4-3-5-18(14-16)24-23(15-30(29-24)22-12-6-19(26)7-13-22)25(32)28-21-10-8-20(9-11-21)27-17(2)31/h3-15H,1-2H3,(H,27,31)(H,28,32). The lowest BCUT2D eigenvalue weighted by molar-refractivity contribution is -0.114. The van der Waals surface area contributed by atoms with Crippen LogP contribution in [0.4, 0.5) is 15.8 Å². The number of nitrogens with one attached hydrogen (secondary N) is 2. The first-order valence-corrected chi connectivity index (χ1v) is 10.0. The fraction of sp³-hybridized carbons (Fsp3) is 0.0800. The topological polar surface area (TPSA) is 76.0 Å². The maximum absolute atomic E-state index is 13.3. The molecular weight excluding hydrogens is 407 g/mol. The molecule has 1 aromatic heterocycles. The maximum atomic E-state index is 13.3. The molecule has 0 atom stereocenters. The molecule has 0 aliphatic heterocycles. The maximum Gasteiger partial charge on any atom is 0.259 e. The van der Waals surface area contributed by atoms with Crippen molar-refractivity contribution in [2.75, 3.05) is 10.6 Å². The molecule has 1 heterocycles. The molecule has 0 saturated heterocycles. The second kappa shape index (κ2) is 8.85. The van der Waals surface area contributed by atoms with Crippen LogP contribution in [0.5, 0.6) is 0 Å². The molecular formula is C25H21FN4O2. The third kappa shape index (κ3) is 4.73. The van der Waals surface area contributed by atoms with E-state index in [-0.39, 0.29) is 17.6 Å². The number of amides is 2. The van der Waals surface area contributed by atoms with Crippen molar-refractivity contribution in [1.82, 2.24) is 9.78 Å². The summed E-state index contributed by atoms with van der Waals surface area (Å²) in [6, 6.07) is 20.5. The third-order valence-electron chi connectivity index (χ3n) is 4.80. The zero-order valence-corrected chi connectivity index (χ0v) is 17.6. The molecule has 2 N–H and O–H groups in total. The van der Waals surface area contributed by atoms with Gasteiger partial charge in [0.15, 0.2) is 0 Å². The number of rotatable bonds is 5. The molecule has 0 saturated carbocycles. The van der Waals surface area contributed by atoms with Crippen molar-refractivity contribution < 1.29 is 14.0 Å². The van der Waals surface area contributed by atoms with Gasteiger partial charge in [-0.25, -0.2) is 9.07 Å². The second-order valence-corrected chi connectivity index (χ2v) is 7.39. The predicted octanol–water partition coefficient (Wildman–Crippen LogP) is 5.20. The van der Waals surface area contributed by atoms with E-state index in [1.54, 1.807) is 47.3 Å². The van der Waals surface area contributed by atoms with Gasteiger partial charge >= 0.3 is 0 Å². The van der Waals surface area contributed by atoms with E-state index < -0.39 is 0 Å². The van der Waals surface area contributed by atoms with Crippen molar-refractivity contribution in [2.45, 2.75) is 13.8 Å². The summed E-state index contributed by atoms with van der Waals surface area (Å²) in [7, 11) is 0. The summed E-state index contributed by atoms with van der Waals surface area (Å²) in [5.74, 6) is -0.847. The van der Waals surface area contributed by atoms with Crippen LogP contribution in [0, 0.1) is 12.7 Å². The number of nitrogens with zero attached hydrogens (tertiary/aromatic N) is 2. The Balaban J connectivity index is 1.68. The highest BCUT2D eigenvalue weighted by atomic mass is 19.1. The highest BCUT2D eigenvalue weighted by Gasteiger charge is 2.19. The molecule has 0 unspecified atom stereocenters. The number of carbonyl (C=O) groups is 2. The molecule has 0 bridgehead atoms. The van der Waals surface area contributed by atoms with E-state index in [4.69, 9.17) is 0 Å². The SMILES string of the molecule is CC(=O)Nc1ccc(NC(=O)c2cn(-c3ccc(F)cc3)nc2-c2cccc(C)c2)cc1. The number of hydrogen-bond donors (Lipinski definition) is 2. The Morgan fingerprint density at radius 2 is 1.56 bits per heavy atom. The Labute approximate surface area is 184 Å². The summed E-state index contributed by atoms with van der Waals surface area (Å²) >= 11 is 0. The number of benzene rings is 3. The van der Waals surface area contributed by atoms with Crippen LogP contribution < -0.4 is 10.6 Å². The lowest BCUT2D eigenvalue weighted by Crippen LogP contribution is -2.12. The number of aromatic nitrogens is 2. The minimum atomic E-state index is -0.347. The van der Waals surface area contributed by atoms with Crippen molar-refractivity contribution in [1.29, 1.82) is 0 Å². The largest absolute Gasteiger partial charge is 0.326 e. The average molecular weight is 428 g/mol. The average Bonchev–Trinajstić information content (AvgIpc) is 3.21. The Morgan fingerprint density at radius 1 is 0.906 bits per heavy atom. The smallest absolute Gasteiger partial charge is 0.259 e. The first-order valence-electron chi connectivity index (χ1n) is 10.0. The molecule has 0 aliphatic rings. The van der Waals surface area contributed by atoms with Crippen molar-refractivity contribution in [2.24, 2.45) is 0 Å². The van der Waals surface area contributed by atoms with Crippen LogP contribution in [0.2, 0.25) is 0 Å². The van der Waals surface area contributed by atoms with Crippen LogP contribution in [0.3, 0.4) is 0 Å². The summed E-state index contributed by atoms with van der Waals surface area (Å²) in [4.78, 5) is 24.3. The molecule has 6 nitrogen and oxygen atoms in total. The molecule has 32 heavy (non-hydrogen) atoms. The van der Waals surface area contributed by atoms with E-state index in [0.717, 1.165) is 11.1 Å². The molecule has 0 aliphatic carbocycles. The van der Waals surface area contributed by atoms with Crippen molar-refractivity contribution in [3.63, 3.8) is 0 Å². The van der Waals surface area contributed by atoms with E-state index >= 15 is 0 Å².